The summed E-state index contributed by atoms with van der Waals surface area (Å²) < 4.78 is 10.1. The van der Waals surface area contributed by atoms with Gasteiger partial charge in [-0.2, -0.15) is 0 Å². The van der Waals surface area contributed by atoms with Crippen molar-refractivity contribution >= 4 is 17.3 Å². The van der Waals surface area contributed by atoms with E-state index in [2.05, 4.69) is 0 Å². The number of carbonyl (C=O) groups excluding carboxylic acids is 3. The van der Waals surface area contributed by atoms with Crippen LogP contribution in [0.5, 0.6) is 17.2 Å². The Hall–Kier alpha value is -3.19. The number of hydrogen-bond donors (Lipinski definition) is 2. The summed E-state index contributed by atoms with van der Waals surface area (Å²) in [7, 11) is 2.83. The molecule has 0 amide bonds. The second-order valence-corrected chi connectivity index (χ2v) is 7.28. The third-order valence-corrected chi connectivity index (χ3v) is 5.77. The molecule has 0 fully saturated rings. The maximum Gasteiger partial charge on any atom is 0.202 e. The van der Waals surface area contributed by atoms with Gasteiger partial charge in [-0.15, -0.1) is 0 Å². The molecular formula is C22H20O7. The maximum absolute atomic E-state index is 13.2. The van der Waals surface area contributed by atoms with Gasteiger partial charge in [0.05, 0.1) is 23.8 Å². The molecule has 0 aliphatic heterocycles. The molecule has 2 aromatic carbocycles. The van der Waals surface area contributed by atoms with Crippen LogP contribution in [0.4, 0.5) is 0 Å². The second kappa shape index (κ2) is 7.00. The van der Waals surface area contributed by atoms with Crippen molar-refractivity contribution in [1.82, 2.24) is 0 Å². The van der Waals surface area contributed by atoms with E-state index in [9.17, 15) is 24.6 Å². The number of ether oxygens (including phenoxy) is 2. The molecule has 1 atom stereocenters. The van der Waals surface area contributed by atoms with Crippen molar-refractivity contribution in [3.05, 3.63) is 51.6 Å². The van der Waals surface area contributed by atoms with Crippen LogP contribution in [0.3, 0.4) is 0 Å². The van der Waals surface area contributed by atoms with E-state index < -0.39 is 11.6 Å². The van der Waals surface area contributed by atoms with Crippen molar-refractivity contribution in [2.45, 2.75) is 19.3 Å². The third-order valence-electron chi connectivity index (χ3n) is 5.77. The predicted molar refractivity (Wildman–Crippen MR) is 102 cm³/mol. The van der Waals surface area contributed by atoms with Crippen LogP contribution in [0, 0.1) is 5.92 Å². The third kappa shape index (κ3) is 2.73. The van der Waals surface area contributed by atoms with Crippen molar-refractivity contribution in [1.29, 1.82) is 0 Å². The van der Waals surface area contributed by atoms with Gasteiger partial charge in [0.1, 0.15) is 23.9 Å². The maximum atomic E-state index is 13.2. The highest BCUT2D eigenvalue weighted by molar-refractivity contribution is 6.31. The summed E-state index contributed by atoms with van der Waals surface area (Å²) in [5, 5.41) is 21.8. The Labute approximate surface area is 166 Å². The zero-order chi connectivity index (χ0) is 20.9. The molecule has 150 valence electrons. The number of phenols is 2. The lowest BCUT2D eigenvalue weighted by atomic mass is 9.75. The molecule has 0 radical (unpaired) electrons. The Balaban J connectivity index is 1.90. The van der Waals surface area contributed by atoms with Gasteiger partial charge in [0, 0.05) is 29.7 Å². The van der Waals surface area contributed by atoms with Gasteiger partial charge in [-0.3, -0.25) is 14.4 Å². The highest BCUT2D eigenvalue weighted by Crippen LogP contribution is 2.47. The highest BCUT2D eigenvalue weighted by atomic mass is 16.5. The van der Waals surface area contributed by atoms with Crippen LogP contribution in [0.15, 0.2) is 18.2 Å². The Morgan fingerprint density at radius 2 is 1.72 bits per heavy atom. The summed E-state index contributed by atoms with van der Waals surface area (Å²) >= 11 is 0. The molecular weight excluding hydrogens is 376 g/mol. The molecule has 0 bridgehead atoms. The van der Waals surface area contributed by atoms with Gasteiger partial charge in [-0.1, -0.05) is 12.1 Å². The van der Waals surface area contributed by atoms with Crippen LogP contribution in [0.2, 0.25) is 0 Å². The van der Waals surface area contributed by atoms with Gasteiger partial charge in [0.25, 0.3) is 0 Å². The van der Waals surface area contributed by atoms with E-state index >= 15 is 0 Å². The first-order valence-corrected chi connectivity index (χ1v) is 9.28. The minimum atomic E-state index is -0.569. The zero-order valence-corrected chi connectivity index (χ0v) is 16.1. The van der Waals surface area contributed by atoms with Crippen LogP contribution in [0.1, 0.15) is 49.4 Å². The SMILES string of the molecule is COCC(=O)[C@H]1CCc2c(O)c3c(c(O)c2C1)C(=O)c1cccc(OC)c1C3=O. The molecule has 0 saturated carbocycles. The van der Waals surface area contributed by atoms with Crippen LogP contribution < -0.4 is 4.74 Å². The number of phenolic OH excluding ortho intramolecular Hbond substituents is 2. The van der Waals surface area contributed by atoms with E-state index in [1.165, 1.54) is 20.3 Å². The quantitative estimate of drug-likeness (QED) is 0.651. The molecule has 0 spiro atoms. The molecule has 0 unspecified atom stereocenters. The number of aromatic hydroxyl groups is 2. The minimum absolute atomic E-state index is 0.0394. The number of benzene rings is 2. The Kier molecular flexibility index (Phi) is 4.62. The van der Waals surface area contributed by atoms with E-state index in [0.29, 0.717) is 24.0 Å². The first-order valence-electron chi connectivity index (χ1n) is 9.28. The molecule has 2 aliphatic rings. The molecule has 0 aromatic heterocycles. The van der Waals surface area contributed by atoms with Crippen molar-refractivity contribution < 1.29 is 34.1 Å². The largest absolute Gasteiger partial charge is 0.507 e. The van der Waals surface area contributed by atoms with Gasteiger partial charge >= 0.3 is 0 Å². The molecule has 0 heterocycles. The van der Waals surface area contributed by atoms with E-state index in [1.54, 1.807) is 12.1 Å². The molecule has 7 nitrogen and oxygen atoms in total. The molecule has 29 heavy (non-hydrogen) atoms. The first-order chi connectivity index (χ1) is 13.9. The topological polar surface area (TPSA) is 110 Å². The van der Waals surface area contributed by atoms with Gasteiger partial charge in [0.2, 0.25) is 5.78 Å². The molecule has 4 rings (SSSR count). The monoisotopic (exact) mass is 396 g/mol. The fourth-order valence-electron chi connectivity index (χ4n) is 4.34. The molecule has 2 N–H and O–H groups in total. The number of rotatable bonds is 4. The smallest absolute Gasteiger partial charge is 0.202 e. The van der Waals surface area contributed by atoms with Gasteiger partial charge in [-0.25, -0.2) is 0 Å². The fraction of sp³-hybridized carbons (Fsp3) is 0.318. The van der Waals surface area contributed by atoms with Crippen LogP contribution >= 0.6 is 0 Å². The van der Waals surface area contributed by atoms with E-state index in [1.807, 2.05) is 0 Å². The van der Waals surface area contributed by atoms with Crippen molar-refractivity contribution in [2.75, 3.05) is 20.8 Å². The minimum Gasteiger partial charge on any atom is -0.507 e. The number of ketones is 3. The number of hydrogen-bond acceptors (Lipinski definition) is 7. The van der Waals surface area contributed by atoms with Crippen molar-refractivity contribution in [3.63, 3.8) is 0 Å². The first kappa shape index (κ1) is 19.1. The molecule has 0 saturated heterocycles. The van der Waals surface area contributed by atoms with Gasteiger partial charge in [-0.05, 0) is 25.3 Å². The van der Waals surface area contributed by atoms with Crippen LogP contribution in [-0.2, 0) is 22.4 Å². The molecule has 2 aliphatic carbocycles. The standard InChI is InChI=1S/C22H20O7/c1-28-9-14(23)10-6-7-11-13(8-10)21(26)17-18(19(11)24)22(27)16-12(20(17)25)4-3-5-15(16)29-2/h3-5,10,24,26H,6-9H2,1-2H3/t10-/m0/s1. The summed E-state index contributed by atoms with van der Waals surface area (Å²) in [6, 6.07) is 4.64. The summed E-state index contributed by atoms with van der Waals surface area (Å²) in [5.74, 6) is -2.03. The van der Waals surface area contributed by atoms with E-state index in [4.69, 9.17) is 9.47 Å². The average Bonchev–Trinajstić information content (AvgIpc) is 2.73. The molecule has 2 aromatic rings. The number of fused-ring (bicyclic) bond motifs is 3. The van der Waals surface area contributed by atoms with Crippen molar-refractivity contribution in [2.24, 2.45) is 5.92 Å². The van der Waals surface area contributed by atoms with Crippen LogP contribution in [0.25, 0.3) is 0 Å². The second-order valence-electron chi connectivity index (χ2n) is 7.28. The Morgan fingerprint density at radius 3 is 2.41 bits per heavy atom. The van der Waals surface area contributed by atoms with E-state index in [0.717, 1.165) is 0 Å². The van der Waals surface area contributed by atoms with Crippen molar-refractivity contribution in [3.8, 4) is 17.2 Å². The number of methoxy groups -OCH3 is 2. The highest BCUT2D eigenvalue weighted by Gasteiger charge is 2.40. The normalized spacial score (nSPS) is 17.4. The zero-order valence-electron chi connectivity index (χ0n) is 16.1. The summed E-state index contributed by atoms with van der Waals surface area (Å²) in [4.78, 5) is 38.5. The lowest BCUT2D eigenvalue weighted by molar-refractivity contribution is -0.126. The van der Waals surface area contributed by atoms with Crippen LogP contribution in [-0.4, -0.2) is 48.4 Å². The fourth-order valence-corrected chi connectivity index (χ4v) is 4.34. The Bertz CT molecular complexity index is 1070. The molecule has 7 heteroatoms. The summed E-state index contributed by atoms with van der Waals surface area (Å²) in [5.41, 5.74) is 0.513. The summed E-state index contributed by atoms with van der Waals surface area (Å²) in [6.45, 7) is -0.0394. The predicted octanol–water partition coefficient (Wildman–Crippen LogP) is 2.20. The number of carbonyl (C=O) groups is 3. The van der Waals surface area contributed by atoms with Gasteiger partial charge in [0.15, 0.2) is 11.6 Å². The van der Waals surface area contributed by atoms with E-state index in [-0.39, 0.29) is 64.2 Å². The summed E-state index contributed by atoms with van der Waals surface area (Å²) in [6.07, 6.45) is 0.946. The average molecular weight is 396 g/mol. The lowest BCUT2D eigenvalue weighted by Crippen LogP contribution is -2.28. The number of Topliss-reactive ketones (excluding diaryl/α,β-unsaturated/α-hetero) is 1. The lowest BCUT2D eigenvalue weighted by Gasteiger charge is -2.29. The van der Waals surface area contributed by atoms with Gasteiger partial charge < -0.3 is 19.7 Å². The Morgan fingerprint density at radius 1 is 1.03 bits per heavy atom.